The number of aromatic nitrogens is 1. The van der Waals surface area contributed by atoms with Gasteiger partial charge in [0.1, 0.15) is 0 Å². The first kappa shape index (κ1) is 23.2. The van der Waals surface area contributed by atoms with E-state index in [9.17, 15) is 0 Å². The van der Waals surface area contributed by atoms with Crippen LogP contribution >= 0.6 is 9.69 Å². The number of rotatable bonds is 4. The molecule has 0 saturated carbocycles. The first-order valence-corrected chi connectivity index (χ1v) is 10.3. The minimum atomic E-state index is 0. The maximum atomic E-state index is 4.70. The van der Waals surface area contributed by atoms with Crippen molar-refractivity contribution in [2.45, 2.75) is 13.8 Å². The summed E-state index contributed by atoms with van der Waals surface area (Å²) in [6.45, 7) is 3.95. The fourth-order valence-electron chi connectivity index (χ4n) is 2.34. The zero-order valence-corrected chi connectivity index (χ0v) is 18.2. The van der Waals surface area contributed by atoms with E-state index < -0.39 is 0 Å². The number of para-hydroxylation sites is 2. The van der Waals surface area contributed by atoms with Crippen molar-refractivity contribution in [1.29, 1.82) is 0 Å². The average molecular weight is 485 g/mol. The van der Waals surface area contributed by atoms with Crippen LogP contribution in [0.25, 0.3) is 0 Å². The second kappa shape index (κ2) is 12.5. The van der Waals surface area contributed by atoms with Crippen molar-refractivity contribution in [3.8, 4) is 0 Å². The summed E-state index contributed by atoms with van der Waals surface area (Å²) in [5, 5.41) is 0. The summed E-state index contributed by atoms with van der Waals surface area (Å²) in [4.78, 5) is 14.0. The van der Waals surface area contributed by atoms with E-state index in [0.717, 1.165) is 34.2 Å². The van der Waals surface area contributed by atoms with Gasteiger partial charge in [-0.2, -0.15) is 0 Å². The molecule has 0 N–H and O–H groups in total. The minimum absolute atomic E-state index is 0. The Morgan fingerprint density at radius 1 is 0.667 bits per heavy atom. The van der Waals surface area contributed by atoms with E-state index in [1.165, 1.54) is 0 Å². The van der Waals surface area contributed by atoms with Crippen LogP contribution in [0.3, 0.4) is 0 Å². The third-order valence-corrected chi connectivity index (χ3v) is 3.60. The van der Waals surface area contributed by atoms with E-state index in [-0.39, 0.29) is 12.4 Å². The van der Waals surface area contributed by atoms with Gasteiger partial charge < -0.3 is 12.4 Å². The molecule has 2 aromatic carbocycles. The third-order valence-electron chi connectivity index (χ3n) is 3.60. The quantitative estimate of drug-likeness (QED) is 0.414. The Kier molecular flexibility index (Phi) is 10.7. The second-order valence-corrected chi connectivity index (χ2v) is 5.47. The van der Waals surface area contributed by atoms with E-state index in [4.69, 9.17) is 4.98 Å². The third kappa shape index (κ3) is 7.34. The fourth-order valence-corrected chi connectivity index (χ4v) is 2.34. The van der Waals surface area contributed by atoms with Gasteiger partial charge in [0, 0.05) is 0 Å². The van der Waals surface area contributed by atoms with Crippen molar-refractivity contribution in [3.63, 3.8) is 0 Å². The van der Waals surface area contributed by atoms with Crippen LogP contribution in [-0.4, -0.2) is 16.4 Å². The molecule has 0 bridgehead atoms. The molecule has 0 unspecified atom stereocenters. The first-order chi connectivity index (χ1) is 12.7. The van der Waals surface area contributed by atoms with Crippen LogP contribution in [0.15, 0.2) is 88.8 Å². The molecule has 1 heterocycles. The van der Waals surface area contributed by atoms with Gasteiger partial charge in [-0.1, -0.05) is 42.5 Å². The van der Waals surface area contributed by atoms with Crippen molar-refractivity contribution in [1.82, 2.24) is 4.98 Å². The van der Waals surface area contributed by atoms with Crippen molar-refractivity contribution in [2.24, 2.45) is 9.98 Å². The molecule has 0 atom stereocenters. The number of hydrogen-bond donors (Lipinski definition) is 0. The van der Waals surface area contributed by atoms with E-state index in [1.54, 1.807) is 0 Å². The number of halogens is 2. The maximum absolute atomic E-state index is 4.70. The second-order valence-electron chi connectivity index (χ2n) is 5.47. The van der Waals surface area contributed by atoms with Crippen molar-refractivity contribution in [2.75, 3.05) is 0 Å². The van der Waals surface area contributed by atoms with Crippen molar-refractivity contribution >= 4 is 32.5 Å². The van der Waals surface area contributed by atoms with Crippen molar-refractivity contribution < 1.29 is 29.7 Å². The van der Waals surface area contributed by atoms with Gasteiger partial charge >= 0.3 is 27.0 Å². The van der Waals surface area contributed by atoms with Crippen molar-refractivity contribution in [3.05, 3.63) is 90.3 Å². The van der Waals surface area contributed by atoms with Gasteiger partial charge in [-0.25, -0.2) is 4.98 Å². The molecule has 0 spiro atoms. The van der Waals surface area contributed by atoms with Crippen LogP contribution in [0.2, 0.25) is 0 Å². The number of nitrogens with zero attached hydrogens (tertiary/aromatic N) is 3. The zero-order valence-electron chi connectivity index (χ0n) is 15.0. The fraction of sp³-hybridized carbons (Fsp3) is 0.0952. The van der Waals surface area contributed by atoms with Gasteiger partial charge in [0.25, 0.3) is 0 Å². The van der Waals surface area contributed by atoms with E-state index in [1.807, 2.05) is 110 Å². The molecule has 0 aliphatic carbocycles. The summed E-state index contributed by atoms with van der Waals surface area (Å²) < 4.78 is 0. The molecule has 140 valence electrons. The standard InChI is InChI=1S/C21H19N3.2ClH.Ru/c1-16(22-18-10-5-3-6-11-18)20-14-9-15-21(24-20)17(2)23-19-12-7-4-8-13-19;;;/h3-15H,1-2H3;2*1H;/q;;;+2/p-2. The SMILES string of the molecule is CC(=Nc1ccccc1)c1cccc(C(C)=Nc2ccccc2)n1.[Cl-].[Cl][Ru+]. The molecule has 27 heavy (non-hydrogen) atoms. The summed E-state index contributed by atoms with van der Waals surface area (Å²) in [6, 6.07) is 25.7. The zero-order chi connectivity index (χ0) is 18.8. The molecular weight excluding hydrogens is 466 g/mol. The molecule has 3 rings (SSSR count). The molecule has 3 nitrogen and oxygen atoms in total. The Morgan fingerprint density at radius 3 is 1.41 bits per heavy atom. The van der Waals surface area contributed by atoms with Gasteiger partial charge in [0.15, 0.2) is 0 Å². The van der Waals surface area contributed by atoms with Crippen LogP contribution in [0.1, 0.15) is 25.2 Å². The van der Waals surface area contributed by atoms with E-state index >= 15 is 0 Å². The number of hydrogen-bond acceptors (Lipinski definition) is 3. The molecule has 0 aliphatic rings. The first-order valence-electron chi connectivity index (χ1n) is 8.04. The molecule has 1 aromatic heterocycles. The average Bonchev–Trinajstić information content (AvgIpc) is 2.71. The Labute approximate surface area is 180 Å². The van der Waals surface area contributed by atoms with E-state index in [0.29, 0.717) is 0 Å². The normalized spacial score (nSPS) is 11.1. The molecule has 0 radical (unpaired) electrons. The van der Waals surface area contributed by atoms with Gasteiger partial charge in [0.2, 0.25) is 0 Å². The summed E-state index contributed by atoms with van der Waals surface area (Å²) in [7, 11) is 4.57. The molecule has 0 amide bonds. The summed E-state index contributed by atoms with van der Waals surface area (Å²) in [6.07, 6.45) is 0. The van der Waals surface area contributed by atoms with Gasteiger partial charge in [0.05, 0.1) is 34.2 Å². The van der Waals surface area contributed by atoms with Gasteiger partial charge in [-0.05, 0) is 50.2 Å². The Morgan fingerprint density at radius 2 is 1.04 bits per heavy atom. The van der Waals surface area contributed by atoms with E-state index in [2.05, 4.69) is 19.7 Å². The van der Waals surface area contributed by atoms with Crippen LogP contribution < -0.4 is 12.4 Å². The van der Waals surface area contributed by atoms with Crippen LogP contribution in [0, 0.1) is 0 Å². The van der Waals surface area contributed by atoms with Crippen LogP contribution in [0.4, 0.5) is 11.4 Å². The number of benzene rings is 2. The number of pyridine rings is 1. The summed E-state index contributed by atoms with van der Waals surface area (Å²) in [5.41, 5.74) is 5.35. The monoisotopic (exact) mass is 485 g/mol. The Bertz CT molecular complexity index is 811. The molecule has 0 aliphatic heterocycles. The van der Waals surface area contributed by atoms with Crippen LogP contribution in [-0.2, 0) is 17.3 Å². The summed E-state index contributed by atoms with van der Waals surface area (Å²) >= 11 is 1.82. The van der Waals surface area contributed by atoms with Gasteiger partial charge in [-0.3, -0.25) is 9.98 Å². The van der Waals surface area contributed by atoms with Gasteiger partial charge in [-0.15, -0.1) is 0 Å². The van der Waals surface area contributed by atoms with Crippen LogP contribution in [0.5, 0.6) is 0 Å². The molecular formula is C21H19Cl2N3Ru. The predicted molar refractivity (Wildman–Crippen MR) is 107 cm³/mol. The molecule has 0 fully saturated rings. The Balaban J connectivity index is 0.00000118. The Hall–Kier alpha value is -1.87. The summed E-state index contributed by atoms with van der Waals surface area (Å²) in [5.74, 6) is 0. The molecule has 3 aromatic rings. The molecule has 6 heteroatoms. The molecule has 0 saturated heterocycles. The predicted octanol–water partition coefficient (Wildman–Crippen LogP) is 3.05. The number of aliphatic imine (C=N–C) groups is 2. The topological polar surface area (TPSA) is 37.6 Å².